The van der Waals surface area contributed by atoms with Crippen LogP contribution in [0.1, 0.15) is 24.1 Å². The molecule has 2 aromatic carbocycles. The van der Waals surface area contributed by atoms with Crippen LogP contribution in [0.15, 0.2) is 42.5 Å². The zero-order chi connectivity index (χ0) is 19.6. The summed E-state index contributed by atoms with van der Waals surface area (Å²) in [7, 11) is 0. The van der Waals surface area contributed by atoms with Crippen molar-refractivity contribution in [2.24, 2.45) is 0 Å². The first-order chi connectivity index (χ1) is 12.9. The molecule has 1 atom stereocenters. The number of nitrogens with one attached hydrogen (secondary N) is 1. The summed E-state index contributed by atoms with van der Waals surface area (Å²) >= 11 is 0. The van der Waals surface area contributed by atoms with Crippen LogP contribution in [0.3, 0.4) is 0 Å². The Balaban J connectivity index is 1.98. The van der Waals surface area contributed by atoms with E-state index in [4.69, 9.17) is 4.74 Å². The van der Waals surface area contributed by atoms with Crippen LogP contribution in [-0.4, -0.2) is 29.9 Å². The van der Waals surface area contributed by atoms with Crippen LogP contribution in [0.4, 0.5) is 11.4 Å². The van der Waals surface area contributed by atoms with Crippen molar-refractivity contribution in [3.8, 4) is 5.75 Å². The highest BCUT2D eigenvalue weighted by molar-refractivity contribution is 6.00. The second-order valence-corrected chi connectivity index (χ2v) is 6.14. The first-order valence-electron chi connectivity index (χ1n) is 8.50. The van der Waals surface area contributed by atoms with E-state index in [0.29, 0.717) is 23.5 Å². The molecule has 2 amide bonds. The lowest BCUT2D eigenvalue weighted by atomic mass is 10.0. The Hall–Kier alpha value is -3.42. The van der Waals surface area contributed by atoms with Crippen molar-refractivity contribution in [3.05, 3.63) is 63.7 Å². The topological polar surface area (TPSA) is 102 Å². The maximum Gasteiger partial charge on any atom is 0.269 e. The zero-order valence-electron chi connectivity index (χ0n) is 15.0. The summed E-state index contributed by atoms with van der Waals surface area (Å²) in [6.07, 6.45) is 0. The third-order valence-electron chi connectivity index (χ3n) is 4.41. The molecular weight excluding hydrogens is 350 g/mol. The van der Waals surface area contributed by atoms with Gasteiger partial charge in [0.05, 0.1) is 4.92 Å². The van der Waals surface area contributed by atoms with Gasteiger partial charge in [-0.05, 0) is 31.5 Å². The molecule has 1 unspecified atom stereocenters. The molecule has 2 aromatic rings. The smallest absolute Gasteiger partial charge is 0.269 e. The third kappa shape index (κ3) is 3.59. The first kappa shape index (κ1) is 18.4. The van der Waals surface area contributed by atoms with E-state index in [1.165, 1.54) is 29.2 Å². The van der Waals surface area contributed by atoms with Crippen LogP contribution in [0, 0.1) is 17.0 Å². The summed E-state index contributed by atoms with van der Waals surface area (Å²) in [5.41, 5.74) is 1.88. The molecule has 140 valence electrons. The fraction of sp³-hybridized carbons (Fsp3) is 0.263. The van der Waals surface area contributed by atoms with E-state index in [0.717, 1.165) is 5.56 Å². The number of likely N-dealkylation sites (N-methyl/N-ethyl adjacent to an activating group) is 1. The predicted molar refractivity (Wildman–Crippen MR) is 98.7 cm³/mol. The largest absolute Gasteiger partial charge is 0.483 e. The highest BCUT2D eigenvalue weighted by Crippen LogP contribution is 2.33. The molecular formula is C19H19N3O5. The van der Waals surface area contributed by atoms with Gasteiger partial charge in [0.1, 0.15) is 11.8 Å². The van der Waals surface area contributed by atoms with E-state index in [1.54, 1.807) is 19.1 Å². The number of nitro benzene ring substituents is 1. The number of nitro groups is 1. The summed E-state index contributed by atoms with van der Waals surface area (Å²) in [5.74, 6) is -0.199. The SMILES string of the molecule is CCN(C(=O)C1NC(=O)COc2c(C)cccc21)c1ccc([N+](=O)[O-])cc1. The van der Waals surface area contributed by atoms with Gasteiger partial charge in [0.2, 0.25) is 0 Å². The minimum absolute atomic E-state index is 0.0561. The lowest BCUT2D eigenvalue weighted by Crippen LogP contribution is -2.43. The number of hydrogen-bond donors (Lipinski definition) is 1. The molecule has 0 aliphatic carbocycles. The van der Waals surface area contributed by atoms with Crippen molar-refractivity contribution in [1.29, 1.82) is 0 Å². The number of anilines is 1. The molecule has 0 spiro atoms. The van der Waals surface area contributed by atoms with E-state index >= 15 is 0 Å². The minimum Gasteiger partial charge on any atom is -0.483 e. The Morgan fingerprint density at radius 1 is 1.30 bits per heavy atom. The molecule has 0 radical (unpaired) electrons. The minimum atomic E-state index is -0.898. The van der Waals surface area contributed by atoms with E-state index in [9.17, 15) is 19.7 Å². The maximum atomic E-state index is 13.2. The number of carbonyl (C=O) groups is 2. The standard InChI is InChI=1S/C19H19N3O5/c1-3-21(13-7-9-14(10-8-13)22(25)26)19(24)17-15-6-4-5-12(2)18(15)27-11-16(23)20-17/h4-10,17H,3,11H2,1-2H3,(H,20,23). The quantitative estimate of drug-likeness (QED) is 0.659. The lowest BCUT2D eigenvalue weighted by molar-refractivity contribution is -0.384. The Kier molecular flexibility index (Phi) is 5.07. The summed E-state index contributed by atoms with van der Waals surface area (Å²) in [5, 5.41) is 13.6. The van der Waals surface area contributed by atoms with Gasteiger partial charge in [-0.2, -0.15) is 0 Å². The molecule has 3 rings (SSSR count). The van der Waals surface area contributed by atoms with Gasteiger partial charge in [-0.1, -0.05) is 18.2 Å². The van der Waals surface area contributed by atoms with Crippen molar-refractivity contribution in [1.82, 2.24) is 5.32 Å². The molecule has 0 fully saturated rings. The van der Waals surface area contributed by atoms with Crippen LogP contribution in [0.2, 0.25) is 0 Å². The number of fused-ring (bicyclic) bond motifs is 1. The van der Waals surface area contributed by atoms with E-state index in [2.05, 4.69) is 5.32 Å². The molecule has 0 aromatic heterocycles. The van der Waals surface area contributed by atoms with E-state index < -0.39 is 11.0 Å². The van der Waals surface area contributed by atoms with Crippen molar-refractivity contribution >= 4 is 23.2 Å². The fourth-order valence-corrected chi connectivity index (χ4v) is 3.09. The summed E-state index contributed by atoms with van der Waals surface area (Å²) in [6.45, 7) is 3.83. The fourth-order valence-electron chi connectivity index (χ4n) is 3.09. The number of para-hydroxylation sites is 1. The Morgan fingerprint density at radius 3 is 2.63 bits per heavy atom. The highest BCUT2D eigenvalue weighted by Gasteiger charge is 2.33. The number of nitrogens with zero attached hydrogens (tertiary/aromatic N) is 2. The number of aryl methyl sites for hydroxylation is 1. The van der Waals surface area contributed by atoms with Crippen molar-refractivity contribution in [3.63, 3.8) is 0 Å². The van der Waals surface area contributed by atoms with Crippen molar-refractivity contribution < 1.29 is 19.2 Å². The predicted octanol–water partition coefficient (Wildman–Crippen LogP) is 2.51. The monoisotopic (exact) mass is 369 g/mol. The van der Waals surface area contributed by atoms with Gasteiger partial charge < -0.3 is 15.0 Å². The molecule has 1 aliphatic rings. The molecule has 8 nitrogen and oxygen atoms in total. The molecule has 0 saturated carbocycles. The Labute approximate surface area is 155 Å². The van der Waals surface area contributed by atoms with Crippen molar-refractivity contribution in [2.45, 2.75) is 19.9 Å². The number of rotatable bonds is 4. The normalized spacial score (nSPS) is 15.8. The van der Waals surface area contributed by atoms with Gasteiger partial charge in [0.15, 0.2) is 6.61 Å². The number of non-ortho nitro benzene ring substituents is 1. The van der Waals surface area contributed by atoms with Gasteiger partial charge in [-0.25, -0.2) is 0 Å². The molecule has 27 heavy (non-hydrogen) atoms. The van der Waals surface area contributed by atoms with Gasteiger partial charge in [0, 0.05) is 29.9 Å². The molecule has 1 N–H and O–H groups in total. The molecule has 1 heterocycles. The number of carbonyl (C=O) groups excluding carboxylic acids is 2. The van der Waals surface area contributed by atoms with Gasteiger partial charge in [-0.15, -0.1) is 0 Å². The number of ether oxygens (including phenoxy) is 1. The van der Waals surface area contributed by atoms with Crippen LogP contribution in [0.25, 0.3) is 0 Å². The molecule has 0 bridgehead atoms. The van der Waals surface area contributed by atoms with Crippen LogP contribution in [0.5, 0.6) is 5.75 Å². The Bertz CT molecular complexity index is 895. The van der Waals surface area contributed by atoms with Crippen LogP contribution < -0.4 is 15.0 Å². The third-order valence-corrected chi connectivity index (χ3v) is 4.41. The molecule has 0 saturated heterocycles. The lowest BCUT2D eigenvalue weighted by Gasteiger charge is -2.26. The number of benzene rings is 2. The highest BCUT2D eigenvalue weighted by atomic mass is 16.6. The average molecular weight is 369 g/mol. The summed E-state index contributed by atoms with van der Waals surface area (Å²) in [4.78, 5) is 37.1. The second kappa shape index (κ2) is 7.45. The number of hydrogen-bond acceptors (Lipinski definition) is 5. The van der Waals surface area contributed by atoms with Crippen LogP contribution >= 0.6 is 0 Å². The molecule has 1 aliphatic heterocycles. The van der Waals surface area contributed by atoms with Gasteiger partial charge in [0.25, 0.3) is 17.5 Å². The van der Waals surface area contributed by atoms with Gasteiger partial charge >= 0.3 is 0 Å². The van der Waals surface area contributed by atoms with Crippen molar-refractivity contribution in [2.75, 3.05) is 18.1 Å². The van der Waals surface area contributed by atoms with Crippen LogP contribution in [-0.2, 0) is 9.59 Å². The summed E-state index contributed by atoms with van der Waals surface area (Å²) < 4.78 is 5.58. The Morgan fingerprint density at radius 2 is 2.00 bits per heavy atom. The maximum absolute atomic E-state index is 13.2. The summed E-state index contributed by atoms with van der Waals surface area (Å²) in [6, 6.07) is 10.2. The van der Waals surface area contributed by atoms with E-state index in [-0.39, 0.29) is 24.1 Å². The second-order valence-electron chi connectivity index (χ2n) is 6.14. The van der Waals surface area contributed by atoms with E-state index in [1.807, 2.05) is 13.0 Å². The average Bonchev–Trinajstić information content (AvgIpc) is 2.83. The number of amides is 2. The first-order valence-corrected chi connectivity index (χ1v) is 8.50. The molecule has 8 heteroatoms. The zero-order valence-corrected chi connectivity index (χ0v) is 15.0. The van der Waals surface area contributed by atoms with Gasteiger partial charge in [-0.3, -0.25) is 19.7 Å².